The predicted molar refractivity (Wildman–Crippen MR) is 94.9 cm³/mol. The smallest absolute Gasteiger partial charge is 0.251 e. The summed E-state index contributed by atoms with van der Waals surface area (Å²) in [7, 11) is 0. The normalized spacial score (nSPS) is 10.7. The Morgan fingerprint density at radius 1 is 1.00 bits per heavy atom. The maximum atomic E-state index is 14.3. The van der Waals surface area contributed by atoms with Gasteiger partial charge in [-0.3, -0.25) is 0 Å². The van der Waals surface area contributed by atoms with Gasteiger partial charge in [0, 0.05) is 15.6 Å². The lowest BCUT2D eigenvalue weighted by Gasteiger charge is -2.11. The zero-order valence-electron chi connectivity index (χ0n) is 12.6. The van der Waals surface area contributed by atoms with Gasteiger partial charge in [0.1, 0.15) is 6.61 Å². The summed E-state index contributed by atoms with van der Waals surface area (Å²) in [6.45, 7) is 3.92. The Bertz CT molecular complexity index is 848. The average Bonchev–Trinajstić information content (AvgIpc) is 2.56. The van der Waals surface area contributed by atoms with E-state index in [1.54, 1.807) is 18.2 Å². The zero-order valence-corrected chi connectivity index (χ0v) is 14.1. The summed E-state index contributed by atoms with van der Waals surface area (Å²) in [4.78, 5) is 4.25. The van der Waals surface area contributed by atoms with E-state index in [9.17, 15) is 4.39 Å². The van der Waals surface area contributed by atoms with Gasteiger partial charge in [0.2, 0.25) is 0 Å². The molecule has 0 atom stereocenters. The van der Waals surface area contributed by atoms with Crippen LogP contribution in [0.2, 0.25) is 10.0 Å². The van der Waals surface area contributed by atoms with E-state index in [4.69, 9.17) is 27.9 Å². The molecule has 0 aliphatic rings. The first kappa shape index (κ1) is 16.7. The second kappa shape index (κ2) is 7.20. The standard InChI is InChI=1S/C19H13Cl2FNO/c1-12-7-17(14-8-15(20)10-16(21)9-14)23-19(18(12)22)24-11-13-5-3-2-4-6-13/h2-10H,1,11H2. The van der Waals surface area contributed by atoms with Gasteiger partial charge in [0.25, 0.3) is 5.88 Å². The van der Waals surface area contributed by atoms with E-state index in [0.717, 1.165) is 5.56 Å². The molecule has 0 aliphatic heterocycles. The highest BCUT2D eigenvalue weighted by Crippen LogP contribution is 2.30. The minimum atomic E-state index is -0.581. The van der Waals surface area contributed by atoms with Crippen LogP contribution < -0.4 is 4.74 Å². The van der Waals surface area contributed by atoms with E-state index in [-0.39, 0.29) is 18.1 Å². The molecule has 0 amide bonds. The Labute approximate surface area is 149 Å². The third-order valence-electron chi connectivity index (χ3n) is 3.38. The fourth-order valence-corrected chi connectivity index (χ4v) is 2.75. The fourth-order valence-electron chi connectivity index (χ4n) is 2.23. The molecule has 0 saturated carbocycles. The SMILES string of the molecule is [CH2]c1cc(-c2cc(Cl)cc(Cl)c2)nc(OCc2ccccc2)c1F. The van der Waals surface area contributed by atoms with Gasteiger partial charge in [-0.05, 0) is 42.3 Å². The lowest BCUT2D eigenvalue weighted by molar-refractivity contribution is 0.277. The molecule has 0 aliphatic carbocycles. The highest BCUT2D eigenvalue weighted by atomic mass is 35.5. The first-order chi connectivity index (χ1) is 11.5. The van der Waals surface area contributed by atoms with Crippen LogP contribution in [0.1, 0.15) is 11.1 Å². The molecule has 1 heterocycles. The van der Waals surface area contributed by atoms with Crippen LogP contribution in [-0.2, 0) is 6.61 Å². The van der Waals surface area contributed by atoms with Crippen molar-refractivity contribution < 1.29 is 9.13 Å². The molecule has 5 heteroatoms. The molecule has 0 bridgehead atoms. The Hall–Kier alpha value is -2.10. The van der Waals surface area contributed by atoms with Crippen molar-refractivity contribution >= 4 is 23.2 Å². The second-order valence-electron chi connectivity index (χ2n) is 5.22. The van der Waals surface area contributed by atoms with Gasteiger partial charge in [0.15, 0.2) is 5.82 Å². The van der Waals surface area contributed by atoms with Crippen molar-refractivity contribution in [3.8, 4) is 17.1 Å². The maximum absolute atomic E-state index is 14.3. The van der Waals surface area contributed by atoms with Gasteiger partial charge >= 0.3 is 0 Å². The fraction of sp³-hybridized carbons (Fsp3) is 0.0526. The molecule has 0 unspecified atom stereocenters. The number of nitrogens with zero attached hydrogens (tertiary/aromatic N) is 1. The maximum Gasteiger partial charge on any atom is 0.251 e. The highest BCUT2D eigenvalue weighted by molar-refractivity contribution is 6.35. The number of halogens is 3. The van der Waals surface area contributed by atoms with E-state index in [1.165, 1.54) is 6.07 Å². The van der Waals surface area contributed by atoms with Crippen LogP contribution in [0.5, 0.6) is 5.88 Å². The van der Waals surface area contributed by atoms with Crippen LogP contribution in [0.25, 0.3) is 11.3 Å². The van der Waals surface area contributed by atoms with Crippen molar-refractivity contribution in [2.45, 2.75) is 6.61 Å². The third kappa shape index (κ3) is 3.86. The minimum absolute atomic E-state index is 0.0996. The van der Waals surface area contributed by atoms with E-state index in [2.05, 4.69) is 11.9 Å². The zero-order chi connectivity index (χ0) is 17.1. The molecule has 0 spiro atoms. The summed E-state index contributed by atoms with van der Waals surface area (Å²) in [5.41, 5.74) is 2.27. The topological polar surface area (TPSA) is 22.1 Å². The van der Waals surface area contributed by atoms with Gasteiger partial charge < -0.3 is 4.74 Å². The van der Waals surface area contributed by atoms with Crippen LogP contribution >= 0.6 is 23.2 Å². The van der Waals surface area contributed by atoms with Gasteiger partial charge in [-0.2, -0.15) is 0 Å². The Balaban J connectivity index is 1.93. The molecule has 2 nitrogen and oxygen atoms in total. The first-order valence-corrected chi connectivity index (χ1v) is 7.94. The molecule has 1 aromatic heterocycles. The van der Waals surface area contributed by atoms with Crippen molar-refractivity contribution in [2.24, 2.45) is 0 Å². The molecular weight excluding hydrogens is 348 g/mol. The third-order valence-corrected chi connectivity index (χ3v) is 3.82. The molecule has 121 valence electrons. The number of ether oxygens (including phenoxy) is 1. The van der Waals surface area contributed by atoms with Gasteiger partial charge in [-0.25, -0.2) is 9.37 Å². The summed E-state index contributed by atoms with van der Waals surface area (Å²) in [5, 5.41) is 0.946. The average molecular weight is 361 g/mol. The molecule has 0 N–H and O–H groups in total. The molecule has 2 aromatic carbocycles. The molecule has 0 saturated heterocycles. The van der Waals surface area contributed by atoms with E-state index in [0.29, 0.717) is 21.3 Å². The summed E-state index contributed by atoms with van der Waals surface area (Å²) in [6, 6.07) is 16.0. The van der Waals surface area contributed by atoms with Crippen LogP contribution in [-0.4, -0.2) is 4.98 Å². The van der Waals surface area contributed by atoms with E-state index < -0.39 is 5.82 Å². The molecule has 3 aromatic rings. The largest absolute Gasteiger partial charge is 0.471 e. The second-order valence-corrected chi connectivity index (χ2v) is 6.09. The molecule has 1 radical (unpaired) electrons. The van der Waals surface area contributed by atoms with Gasteiger partial charge in [-0.1, -0.05) is 53.5 Å². The van der Waals surface area contributed by atoms with E-state index >= 15 is 0 Å². The molecular formula is C19H13Cl2FNO. The number of hydrogen-bond acceptors (Lipinski definition) is 2. The van der Waals surface area contributed by atoms with Gasteiger partial charge in [-0.15, -0.1) is 0 Å². The Kier molecular flexibility index (Phi) is 5.03. The van der Waals surface area contributed by atoms with Crippen molar-refractivity contribution in [1.29, 1.82) is 0 Å². The van der Waals surface area contributed by atoms with Crippen molar-refractivity contribution in [3.05, 3.63) is 88.5 Å². The van der Waals surface area contributed by atoms with Crippen molar-refractivity contribution in [1.82, 2.24) is 4.98 Å². The highest BCUT2D eigenvalue weighted by Gasteiger charge is 2.13. The minimum Gasteiger partial charge on any atom is -0.471 e. The summed E-state index contributed by atoms with van der Waals surface area (Å²) < 4.78 is 19.8. The predicted octanol–water partition coefficient (Wildman–Crippen LogP) is 5.96. The van der Waals surface area contributed by atoms with Crippen LogP contribution in [0.4, 0.5) is 4.39 Å². The quantitative estimate of drug-likeness (QED) is 0.572. The summed E-state index contributed by atoms with van der Waals surface area (Å²) >= 11 is 12.0. The summed E-state index contributed by atoms with van der Waals surface area (Å²) in [5.74, 6) is -0.680. The van der Waals surface area contributed by atoms with Gasteiger partial charge in [0.05, 0.1) is 5.69 Å². The first-order valence-electron chi connectivity index (χ1n) is 7.18. The van der Waals surface area contributed by atoms with E-state index in [1.807, 2.05) is 30.3 Å². The Morgan fingerprint density at radius 2 is 1.67 bits per heavy atom. The number of pyridine rings is 1. The lowest BCUT2D eigenvalue weighted by Crippen LogP contribution is -2.02. The van der Waals surface area contributed by atoms with Crippen LogP contribution in [0.3, 0.4) is 0 Å². The molecule has 0 fully saturated rings. The van der Waals surface area contributed by atoms with Crippen molar-refractivity contribution in [2.75, 3.05) is 0 Å². The number of aromatic nitrogens is 1. The number of rotatable bonds is 4. The monoisotopic (exact) mass is 360 g/mol. The lowest BCUT2D eigenvalue weighted by atomic mass is 10.1. The number of hydrogen-bond donors (Lipinski definition) is 0. The number of benzene rings is 2. The van der Waals surface area contributed by atoms with Crippen molar-refractivity contribution in [3.63, 3.8) is 0 Å². The van der Waals surface area contributed by atoms with Crippen LogP contribution in [0, 0.1) is 12.7 Å². The molecule has 24 heavy (non-hydrogen) atoms. The Morgan fingerprint density at radius 3 is 2.33 bits per heavy atom. The summed E-state index contributed by atoms with van der Waals surface area (Å²) in [6.07, 6.45) is 0. The molecule has 3 rings (SSSR count). The van der Waals surface area contributed by atoms with Crippen LogP contribution in [0.15, 0.2) is 54.6 Å².